The molecular formula is C15H16ClNO. The van der Waals surface area contributed by atoms with Gasteiger partial charge in [-0.3, -0.25) is 0 Å². The lowest BCUT2D eigenvalue weighted by atomic mass is 10.0. The third-order valence-electron chi connectivity index (χ3n) is 2.75. The van der Waals surface area contributed by atoms with Crippen LogP contribution in [0.25, 0.3) is 0 Å². The monoisotopic (exact) mass is 261 g/mol. The van der Waals surface area contributed by atoms with Gasteiger partial charge in [-0.05, 0) is 42.2 Å². The van der Waals surface area contributed by atoms with Crippen LogP contribution < -0.4 is 4.74 Å². The Kier molecular flexibility index (Phi) is 3.87. The average molecular weight is 262 g/mol. The van der Waals surface area contributed by atoms with Gasteiger partial charge in [0, 0.05) is 0 Å². The standard InChI is InChI=1S/C15H16ClNO/c1-10(2)12-5-4-6-13(8-12)18-14-7-11(3)15(16)17-9-14/h4-10H,1-3H3. The molecule has 0 atom stereocenters. The summed E-state index contributed by atoms with van der Waals surface area (Å²) in [6.07, 6.45) is 1.64. The summed E-state index contributed by atoms with van der Waals surface area (Å²) in [7, 11) is 0. The molecule has 0 aliphatic heterocycles. The fourth-order valence-electron chi connectivity index (χ4n) is 1.66. The number of rotatable bonds is 3. The molecule has 18 heavy (non-hydrogen) atoms. The Morgan fingerprint density at radius 2 is 1.94 bits per heavy atom. The summed E-state index contributed by atoms with van der Waals surface area (Å²) in [5, 5.41) is 0.512. The Bertz CT molecular complexity index is 552. The Balaban J connectivity index is 2.23. The van der Waals surface area contributed by atoms with Crippen LogP contribution in [0.2, 0.25) is 5.15 Å². The zero-order chi connectivity index (χ0) is 13.1. The van der Waals surface area contributed by atoms with E-state index in [1.54, 1.807) is 6.20 Å². The van der Waals surface area contributed by atoms with Crippen LogP contribution in [0, 0.1) is 6.92 Å². The van der Waals surface area contributed by atoms with Gasteiger partial charge in [0.25, 0.3) is 0 Å². The van der Waals surface area contributed by atoms with Gasteiger partial charge in [-0.25, -0.2) is 4.98 Å². The van der Waals surface area contributed by atoms with Gasteiger partial charge in [0.1, 0.15) is 16.7 Å². The molecule has 3 heteroatoms. The Morgan fingerprint density at radius 3 is 2.61 bits per heavy atom. The van der Waals surface area contributed by atoms with Crippen molar-refractivity contribution in [2.45, 2.75) is 26.7 Å². The summed E-state index contributed by atoms with van der Waals surface area (Å²) in [4.78, 5) is 4.07. The Labute approximate surface area is 113 Å². The summed E-state index contributed by atoms with van der Waals surface area (Å²) in [6, 6.07) is 9.98. The zero-order valence-corrected chi connectivity index (χ0v) is 11.5. The van der Waals surface area contributed by atoms with E-state index in [9.17, 15) is 0 Å². The molecule has 0 spiro atoms. The molecule has 94 valence electrons. The summed E-state index contributed by atoms with van der Waals surface area (Å²) in [6.45, 7) is 6.23. The maximum Gasteiger partial charge on any atom is 0.146 e. The lowest BCUT2D eigenvalue weighted by molar-refractivity contribution is 0.478. The number of benzene rings is 1. The Morgan fingerprint density at radius 1 is 1.17 bits per heavy atom. The first-order chi connectivity index (χ1) is 8.56. The van der Waals surface area contributed by atoms with E-state index in [0.29, 0.717) is 16.8 Å². The van der Waals surface area contributed by atoms with Gasteiger partial charge in [0.05, 0.1) is 6.20 Å². The molecule has 0 aliphatic rings. The number of aryl methyl sites for hydroxylation is 1. The maximum atomic E-state index is 5.88. The molecule has 0 unspecified atom stereocenters. The average Bonchev–Trinajstić information content (AvgIpc) is 2.34. The van der Waals surface area contributed by atoms with Crippen LogP contribution >= 0.6 is 11.6 Å². The predicted octanol–water partition coefficient (Wildman–Crippen LogP) is 4.96. The summed E-state index contributed by atoms with van der Waals surface area (Å²) >= 11 is 5.88. The highest BCUT2D eigenvalue weighted by molar-refractivity contribution is 6.30. The van der Waals surface area contributed by atoms with E-state index in [0.717, 1.165) is 11.3 Å². The quantitative estimate of drug-likeness (QED) is 0.729. The van der Waals surface area contributed by atoms with Crippen molar-refractivity contribution in [1.82, 2.24) is 4.98 Å². The molecule has 2 rings (SSSR count). The van der Waals surface area contributed by atoms with Crippen molar-refractivity contribution in [3.63, 3.8) is 0 Å². The minimum absolute atomic E-state index is 0.485. The molecule has 0 fully saturated rings. The highest BCUT2D eigenvalue weighted by atomic mass is 35.5. The molecule has 2 aromatic rings. The van der Waals surface area contributed by atoms with Gasteiger partial charge >= 0.3 is 0 Å². The van der Waals surface area contributed by atoms with Crippen molar-refractivity contribution >= 4 is 11.6 Å². The molecule has 0 bridgehead atoms. The van der Waals surface area contributed by atoms with E-state index in [2.05, 4.69) is 31.0 Å². The first kappa shape index (κ1) is 12.9. The molecule has 1 aromatic heterocycles. The summed E-state index contributed by atoms with van der Waals surface area (Å²) in [5.41, 5.74) is 2.17. The molecule has 0 saturated heterocycles. The molecule has 2 nitrogen and oxygen atoms in total. The smallest absolute Gasteiger partial charge is 0.146 e. The Hall–Kier alpha value is -1.54. The number of aromatic nitrogens is 1. The predicted molar refractivity (Wildman–Crippen MR) is 74.6 cm³/mol. The SMILES string of the molecule is Cc1cc(Oc2cccc(C(C)C)c2)cnc1Cl. The third kappa shape index (κ3) is 3.02. The number of hydrogen-bond acceptors (Lipinski definition) is 2. The van der Waals surface area contributed by atoms with Gasteiger partial charge in [-0.2, -0.15) is 0 Å². The minimum Gasteiger partial charge on any atom is -0.456 e. The van der Waals surface area contributed by atoms with Crippen molar-refractivity contribution in [1.29, 1.82) is 0 Å². The van der Waals surface area contributed by atoms with Crippen molar-refractivity contribution < 1.29 is 4.74 Å². The number of pyridine rings is 1. The highest BCUT2D eigenvalue weighted by Gasteiger charge is 2.04. The molecule has 1 aromatic carbocycles. The second-order valence-corrected chi connectivity index (χ2v) is 4.97. The maximum absolute atomic E-state index is 5.88. The second-order valence-electron chi connectivity index (χ2n) is 4.61. The van der Waals surface area contributed by atoms with Crippen molar-refractivity contribution in [2.75, 3.05) is 0 Å². The first-order valence-corrected chi connectivity index (χ1v) is 6.34. The first-order valence-electron chi connectivity index (χ1n) is 5.96. The lowest BCUT2D eigenvalue weighted by Crippen LogP contribution is -1.91. The zero-order valence-electron chi connectivity index (χ0n) is 10.8. The second kappa shape index (κ2) is 5.40. The van der Waals surface area contributed by atoms with E-state index in [-0.39, 0.29) is 0 Å². The summed E-state index contributed by atoms with van der Waals surface area (Å²) < 4.78 is 5.78. The summed E-state index contributed by atoms with van der Waals surface area (Å²) in [5.74, 6) is 2.01. The molecule has 0 saturated carbocycles. The third-order valence-corrected chi connectivity index (χ3v) is 3.15. The van der Waals surface area contributed by atoms with Crippen molar-refractivity contribution in [2.24, 2.45) is 0 Å². The topological polar surface area (TPSA) is 22.1 Å². The van der Waals surface area contributed by atoms with Crippen LogP contribution in [-0.2, 0) is 0 Å². The van der Waals surface area contributed by atoms with Crippen LogP contribution in [0.3, 0.4) is 0 Å². The lowest BCUT2D eigenvalue weighted by Gasteiger charge is -2.10. The van der Waals surface area contributed by atoms with Crippen LogP contribution in [0.1, 0.15) is 30.9 Å². The van der Waals surface area contributed by atoms with Gasteiger partial charge in [0.15, 0.2) is 0 Å². The molecule has 0 aliphatic carbocycles. The fraction of sp³-hybridized carbons (Fsp3) is 0.267. The van der Waals surface area contributed by atoms with Crippen LogP contribution in [0.5, 0.6) is 11.5 Å². The van der Waals surface area contributed by atoms with Crippen LogP contribution in [0.4, 0.5) is 0 Å². The molecule has 0 N–H and O–H groups in total. The van der Waals surface area contributed by atoms with Crippen molar-refractivity contribution in [3.05, 3.63) is 52.8 Å². The molecular weight excluding hydrogens is 246 g/mol. The number of ether oxygens (including phenoxy) is 1. The molecule has 0 radical (unpaired) electrons. The van der Waals surface area contributed by atoms with E-state index in [1.807, 2.05) is 25.1 Å². The van der Waals surface area contributed by atoms with Crippen molar-refractivity contribution in [3.8, 4) is 11.5 Å². The highest BCUT2D eigenvalue weighted by Crippen LogP contribution is 2.26. The van der Waals surface area contributed by atoms with Gasteiger partial charge in [-0.15, -0.1) is 0 Å². The van der Waals surface area contributed by atoms with E-state index in [4.69, 9.17) is 16.3 Å². The normalized spacial score (nSPS) is 10.7. The number of hydrogen-bond donors (Lipinski definition) is 0. The van der Waals surface area contributed by atoms with E-state index < -0.39 is 0 Å². The van der Waals surface area contributed by atoms with Crippen LogP contribution in [-0.4, -0.2) is 4.98 Å². The fourth-order valence-corrected chi connectivity index (χ4v) is 1.76. The van der Waals surface area contributed by atoms with E-state index >= 15 is 0 Å². The van der Waals surface area contributed by atoms with Gasteiger partial charge in [-0.1, -0.05) is 37.6 Å². The number of nitrogens with zero attached hydrogens (tertiary/aromatic N) is 1. The van der Waals surface area contributed by atoms with E-state index in [1.165, 1.54) is 5.56 Å². The largest absolute Gasteiger partial charge is 0.456 e. The van der Waals surface area contributed by atoms with Crippen LogP contribution in [0.15, 0.2) is 36.5 Å². The van der Waals surface area contributed by atoms with Gasteiger partial charge in [0.2, 0.25) is 0 Å². The minimum atomic E-state index is 0.485. The van der Waals surface area contributed by atoms with Gasteiger partial charge < -0.3 is 4.74 Å². The number of halogens is 1. The molecule has 1 heterocycles. The molecule has 0 amide bonds.